The van der Waals surface area contributed by atoms with Crippen molar-refractivity contribution in [2.75, 3.05) is 0 Å². The van der Waals surface area contributed by atoms with Gasteiger partial charge in [0.1, 0.15) is 0 Å². The van der Waals surface area contributed by atoms with Crippen LogP contribution in [0.4, 0.5) is 0 Å². The molecule has 0 rings (SSSR count). The van der Waals surface area contributed by atoms with Crippen LogP contribution in [0.1, 0.15) is 174 Å². The van der Waals surface area contributed by atoms with E-state index in [0.29, 0.717) is 0 Å². The molecule has 0 aromatic rings. The maximum absolute atomic E-state index is 9.99. The molecule has 0 aliphatic carbocycles. The van der Waals surface area contributed by atoms with Gasteiger partial charge in [0, 0.05) is 0 Å². The van der Waals surface area contributed by atoms with Crippen molar-refractivity contribution in [1.82, 2.24) is 0 Å². The first-order valence-corrected chi connectivity index (χ1v) is 14.0. The second-order valence-corrected chi connectivity index (χ2v) is 9.66. The summed E-state index contributed by atoms with van der Waals surface area (Å²) in [5.74, 6) is 0. The smallest absolute Gasteiger partial charge is 0.0540 e. The van der Waals surface area contributed by atoms with Crippen LogP contribution < -0.4 is 0 Å². The van der Waals surface area contributed by atoms with Gasteiger partial charge in [-0.05, 0) is 12.8 Å². The molecule has 1 nitrogen and oxygen atoms in total. The number of hydrogen-bond donors (Lipinski definition) is 1. The molecule has 0 radical (unpaired) electrons. The van der Waals surface area contributed by atoms with Crippen molar-refractivity contribution in [3.8, 4) is 0 Å². The summed E-state index contributed by atoms with van der Waals surface area (Å²) in [7, 11) is 0. The number of rotatable bonds is 25. The Labute approximate surface area is 185 Å². The maximum Gasteiger partial charge on any atom is 0.0540 e. The third kappa shape index (κ3) is 25.9. The first-order valence-electron chi connectivity index (χ1n) is 14.0. The van der Waals surface area contributed by atoms with Gasteiger partial charge < -0.3 is 5.11 Å². The standard InChI is InChI=1S/C28H58O/c1-3-5-7-9-10-11-12-13-14-15-16-17-18-19-20-21-22-23-25-27-28(29)26-24-8-6-4-2/h28-29H,3-27H2,1-2H3/t28-/m1/s1. The lowest BCUT2D eigenvalue weighted by Crippen LogP contribution is -2.05. The molecule has 0 bridgehead atoms. The molecular formula is C28H58O. The molecule has 0 saturated carbocycles. The summed E-state index contributed by atoms with van der Waals surface area (Å²) >= 11 is 0. The lowest BCUT2D eigenvalue weighted by Gasteiger charge is -2.10. The fourth-order valence-electron chi connectivity index (χ4n) is 4.41. The second kappa shape index (κ2) is 26.0. The minimum Gasteiger partial charge on any atom is -0.393 e. The van der Waals surface area contributed by atoms with E-state index in [1.807, 2.05) is 0 Å². The van der Waals surface area contributed by atoms with Gasteiger partial charge in [0.05, 0.1) is 6.10 Å². The van der Waals surface area contributed by atoms with Crippen LogP contribution in [0.2, 0.25) is 0 Å². The van der Waals surface area contributed by atoms with Crippen LogP contribution in [0, 0.1) is 0 Å². The molecule has 0 aliphatic heterocycles. The summed E-state index contributed by atoms with van der Waals surface area (Å²) in [5, 5.41) is 9.99. The highest BCUT2D eigenvalue weighted by molar-refractivity contribution is 4.57. The van der Waals surface area contributed by atoms with E-state index in [9.17, 15) is 5.11 Å². The zero-order valence-corrected chi connectivity index (χ0v) is 20.7. The highest BCUT2D eigenvalue weighted by Crippen LogP contribution is 2.16. The molecular weight excluding hydrogens is 352 g/mol. The van der Waals surface area contributed by atoms with Gasteiger partial charge in [-0.15, -0.1) is 0 Å². The van der Waals surface area contributed by atoms with Gasteiger partial charge in [-0.1, -0.05) is 162 Å². The average molecular weight is 411 g/mol. The molecule has 176 valence electrons. The lowest BCUT2D eigenvalue weighted by molar-refractivity contribution is 0.147. The number of hydrogen-bond acceptors (Lipinski definition) is 1. The zero-order chi connectivity index (χ0) is 21.3. The number of aliphatic hydroxyl groups excluding tert-OH is 1. The van der Waals surface area contributed by atoms with Crippen molar-refractivity contribution >= 4 is 0 Å². The summed E-state index contributed by atoms with van der Waals surface area (Å²) in [6.45, 7) is 4.54. The van der Waals surface area contributed by atoms with Crippen LogP contribution in [0.25, 0.3) is 0 Å². The first kappa shape index (κ1) is 29.0. The Morgan fingerprint density at radius 2 is 0.552 bits per heavy atom. The van der Waals surface area contributed by atoms with E-state index >= 15 is 0 Å². The van der Waals surface area contributed by atoms with Gasteiger partial charge >= 0.3 is 0 Å². The molecule has 0 fully saturated rings. The van der Waals surface area contributed by atoms with Gasteiger partial charge in [-0.3, -0.25) is 0 Å². The van der Waals surface area contributed by atoms with Crippen LogP contribution in [0.3, 0.4) is 0 Å². The van der Waals surface area contributed by atoms with E-state index < -0.39 is 0 Å². The zero-order valence-electron chi connectivity index (χ0n) is 20.7. The second-order valence-electron chi connectivity index (χ2n) is 9.66. The van der Waals surface area contributed by atoms with Crippen molar-refractivity contribution in [1.29, 1.82) is 0 Å². The Kier molecular flexibility index (Phi) is 26.0. The van der Waals surface area contributed by atoms with Crippen molar-refractivity contribution in [2.24, 2.45) is 0 Å². The Morgan fingerprint density at radius 1 is 0.345 bits per heavy atom. The van der Waals surface area contributed by atoms with E-state index in [0.717, 1.165) is 12.8 Å². The van der Waals surface area contributed by atoms with E-state index in [1.54, 1.807) is 0 Å². The lowest BCUT2D eigenvalue weighted by atomic mass is 10.0. The third-order valence-corrected chi connectivity index (χ3v) is 6.53. The first-order chi connectivity index (χ1) is 14.3. The van der Waals surface area contributed by atoms with Gasteiger partial charge in [-0.2, -0.15) is 0 Å². The van der Waals surface area contributed by atoms with Crippen molar-refractivity contribution in [3.63, 3.8) is 0 Å². The van der Waals surface area contributed by atoms with Gasteiger partial charge in [0.15, 0.2) is 0 Å². The molecule has 0 aromatic heterocycles. The largest absolute Gasteiger partial charge is 0.393 e. The number of aliphatic hydroxyl groups is 1. The molecule has 1 atom stereocenters. The average Bonchev–Trinajstić information content (AvgIpc) is 2.73. The fraction of sp³-hybridized carbons (Fsp3) is 1.00. The Hall–Kier alpha value is -0.0400. The van der Waals surface area contributed by atoms with Crippen molar-refractivity contribution in [2.45, 2.75) is 180 Å². The van der Waals surface area contributed by atoms with E-state index in [4.69, 9.17) is 0 Å². The van der Waals surface area contributed by atoms with Crippen molar-refractivity contribution < 1.29 is 5.11 Å². The molecule has 0 unspecified atom stereocenters. The Morgan fingerprint density at radius 3 is 0.828 bits per heavy atom. The van der Waals surface area contributed by atoms with Crippen LogP contribution in [0.15, 0.2) is 0 Å². The summed E-state index contributed by atoms with van der Waals surface area (Å²) < 4.78 is 0. The molecule has 29 heavy (non-hydrogen) atoms. The highest BCUT2D eigenvalue weighted by Gasteiger charge is 2.03. The predicted molar refractivity (Wildman–Crippen MR) is 133 cm³/mol. The SMILES string of the molecule is CCCCCCCCCCCCCCCCCCCCC[C@H](O)CCCCCC. The molecule has 1 heteroatoms. The van der Waals surface area contributed by atoms with Crippen LogP contribution in [-0.2, 0) is 0 Å². The monoisotopic (exact) mass is 410 g/mol. The topological polar surface area (TPSA) is 20.2 Å². The van der Waals surface area contributed by atoms with Crippen molar-refractivity contribution in [3.05, 3.63) is 0 Å². The van der Waals surface area contributed by atoms with E-state index in [-0.39, 0.29) is 6.10 Å². The Balaban J connectivity index is 3.06. The number of unbranched alkanes of at least 4 members (excludes halogenated alkanes) is 21. The Bertz CT molecular complexity index is 275. The molecule has 0 aliphatic rings. The fourth-order valence-corrected chi connectivity index (χ4v) is 4.41. The summed E-state index contributed by atoms with van der Waals surface area (Å²) in [6.07, 6.45) is 34.3. The van der Waals surface area contributed by atoms with Crippen LogP contribution in [0.5, 0.6) is 0 Å². The molecule has 0 spiro atoms. The molecule has 0 heterocycles. The highest BCUT2D eigenvalue weighted by atomic mass is 16.3. The summed E-state index contributed by atoms with van der Waals surface area (Å²) in [5.41, 5.74) is 0. The minimum atomic E-state index is -0.0300. The van der Waals surface area contributed by atoms with Crippen LogP contribution >= 0.6 is 0 Å². The third-order valence-electron chi connectivity index (χ3n) is 6.53. The van der Waals surface area contributed by atoms with Gasteiger partial charge in [0.25, 0.3) is 0 Å². The molecule has 1 N–H and O–H groups in total. The maximum atomic E-state index is 9.99. The van der Waals surface area contributed by atoms with E-state index in [1.165, 1.54) is 148 Å². The van der Waals surface area contributed by atoms with Crippen LogP contribution in [-0.4, -0.2) is 11.2 Å². The molecule has 0 saturated heterocycles. The van der Waals surface area contributed by atoms with E-state index in [2.05, 4.69) is 13.8 Å². The summed E-state index contributed by atoms with van der Waals surface area (Å²) in [6, 6.07) is 0. The quantitative estimate of drug-likeness (QED) is 0.148. The molecule has 0 aromatic carbocycles. The molecule has 0 amide bonds. The van der Waals surface area contributed by atoms with Gasteiger partial charge in [0.2, 0.25) is 0 Å². The predicted octanol–water partition coefficient (Wildman–Crippen LogP) is 10.1. The van der Waals surface area contributed by atoms with Gasteiger partial charge in [-0.25, -0.2) is 0 Å². The minimum absolute atomic E-state index is 0.0300. The normalized spacial score (nSPS) is 12.5. The summed E-state index contributed by atoms with van der Waals surface area (Å²) in [4.78, 5) is 0.